The molecule has 0 spiro atoms. The number of nitrogens with zero attached hydrogens (tertiary/aromatic N) is 3. The van der Waals surface area contributed by atoms with Gasteiger partial charge in [0.15, 0.2) is 18.1 Å². The van der Waals surface area contributed by atoms with Gasteiger partial charge in [-0.2, -0.15) is 5.26 Å². The van der Waals surface area contributed by atoms with Crippen molar-refractivity contribution in [3.8, 4) is 17.6 Å². The van der Waals surface area contributed by atoms with Gasteiger partial charge in [-0.1, -0.05) is 12.1 Å². The van der Waals surface area contributed by atoms with E-state index in [1.807, 2.05) is 6.92 Å². The fourth-order valence-corrected chi connectivity index (χ4v) is 3.57. The number of rotatable bonds is 9. The minimum Gasteiger partial charge on any atom is -0.490 e. The summed E-state index contributed by atoms with van der Waals surface area (Å²) in [7, 11) is 0. The lowest BCUT2D eigenvalue weighted by Crippen LogP contribution is -2.48. The highest BCUT2D eigenvalue weighted by Gasteiger charge is 2.17. The Morgan fingerprint density at radius 2 is 1.90 bits per heavy atom. The smallest absolute Gasteiger partial charge is 0.257 e. The van der Waals surface area contributed by atoms with Crippen molar-refractivity contribution in [2.24, 2.45) is 0 Å². The molecule has 7 heteroatoms. The van der Waals surface area contributed by atoms with Crippen molar-refractivity contribution in [3.63, 3.8) is 0 Å². The number of hydrogen-bond donors (Lipinski definition) is 1. The summed E-state index contributed by atoms with van der Waals surface area (Å²) in [6, 6.07) is 15.6. The van der Waals surface area contributed by atoms with Gasteiger partial charge in [-0.05, 0) is 43.7 Å². The molecular formula is C24H30N4O3. The van der Waals surface area contributed by atoms with Crippen LogP contribution in [-0.4, -0.2) is 63.3 Å². The summed E-state index contributed by atoms with van der Waals surface area (Å²) < 4.78 is 11.1. The number of hydrogen-bond acceptors (Lipinski definition) is 6. The van der Waals surface area contributed by atoms with Crippen molar-refractivity contribution in [2.75, 3.05) is 57.4 Å². The number of nitriles is 1. The van der Waals surface area contributed by atoms with E-state index in [0.717, 1.165) is 32.7 Å². The number of carbonyl (C=O) groups excluding carboxylic acids is 1. The molecule has 164 valence electrons. The average Bonchev–Trinajstić information content (AvgIpc) is 2.79. The molecule has 0 radical (unpaired) electrons. The van der Waals surface area contributed by atoms with Crippen molar-refractivity contribution in [1.29, 1.82) is 5.26 Å². The molecule has 0 unspecified atom stereocenters. The van der Waals surface area contributed by atoms with Crippen LogP contribution in [-0.2, 0) is 4.79 Å². The van der Waals surface area contributed by atoms with Crippen molar-refractivity contribution in [2.45, 2.75) is 13.8 Å². The molecule has 31 heavy (non-hydrogen) atoms. The van der Waals surface area contributed by atoms with Crippen LogP contribution in [0.1, 0.15) is 18.1 Å². The molecule has 1 fully saturated rings. The minimum atomic E-state index is -0.176. The fourth-order valence-electron chi connectivity index (χ4n) is 3.57. The van der Waals surface area contributed by atoms with Crippen molar-refractivity contribution >= 4 is 11.6 Å². The van der Waals surface area contributed by atoms with Crippen LogP contribution in [0.25, 0.3) is 0 Å². The highest BCUT2D eigenvalue weighted by Crippen LogP contribution is 2.28. The summed E-state index contributed by atoms with van der Waals surface area (Å²) in [6.45, 7) is 9.65. The number of ether oxygens (including phenoxy) is 2. The molecule has 1 saturated heterocycles. The lowest BCUT2D eigenvalue weighted by Gasteiger charge is -2.36. The van der Waals surface area contributed by atoms with E-state index in [1.165, 1.54) is 11.3 Å². The maximum Gasteiger partial charge on any atom is 0.257 e. The fraction of sp³-hybridized carbons (Fsp3) is 0.417. The minimum absolute atomic E-state index is 0.0902. The second kappa shape index (κ2) is 11.2. The normalized spacial score (nSPS) is 14.0. The van der Waals surface area contributed by atoms with Gasteiger partial charge in [0.1, 0.15) is 0 Å². The number of anilines is 1. The molecule has 1 amide bonds. The first-order valence-electron chi connectivity index (χ1n) is 10.7. The second-order valence-electron chi connectivity index (χ2n) is 7.51. The predicted octanol–water partition coefficient (Wildman–Crippen LogP) is 2.58. The van der Waals surface area contributed by atoms with E-state index in [0.29, 0.717) is 30.2 Å². The number of aryl methyl sites for hydroxylation is 1. The number of amides is 1. The highest BCUT2D eigenvalue weighted by atomic mass is 16.5. The van der Waals surface area contributed by atoms with E-state index < -0.39 is 0 Å². The van der Waals surface area contributed by atoms with Gasteiger partial charge in [0.25, 0.3) is 5.91 Å². The van der Waals surface area contributed by atoms with Gasteiger partial charge in [0.05, 0.1) is 18.2 Å². The number of piperazine rings is 1. The maximum atomic E-state index is 12.2. The molecule has 2 aromatic rings. The Kier molecular flexibility index (Phi) is 8.13. The van der Waals surface area contributed by atoms with E-state index in [2.05, 4.69) is 52.4 Å². The van der Waals surface area contributed by atoms with E-state index >= 15 is 0 Å². The summed E-state index contributed by atoms with van der Waals surface area (Å²) in [5, 5.41) is 11.9. The van der Waals surface area contributed by atoms with Gasteiger partial charge < -0.3 is 19.7 Å². The molecule has 0 aromatic heterocycles. The molecule has 2 aromatic carbocycles. The van der Waals surface area contributed by atoms with E-state index in [1.54, 1.807) is 18.2 Å². The van der Waals surface area contributed by atoms with Crippen LogP contribution in [0.3, 0.4) is 0 Å². The standard InChI is InChI=1S/C24H30N4O3/c1-3-30-23-16-20(17-25)7-8-22(23)31-18-24(29)26-9-10-27-11-13-28(14-12-27)21-6-4-5-19(2)15-21/h4-8,15-16H,3,9-14,18H2,1-2H3,(H,26,29). The van der Waals surface area contributed by atoms with Crippen LogP contribution >= 0.6 is 0 Å². The summed E-state index contributed by atoms with van der Waals surface area (Å²) >= 11 is 0. The van der Waals surface area contributed by atoms with E-state index in [-0.39, 0.29) is 12.5 Å². The Morgan fingerprint density at radius 3 is 2.61 bits per heavy atom. The molecule has 1 aliphatic rings. The SMILES string of the molecule is CCOc1cc(C#N)ccc1OCC(=O)NCCN1CCN(c2cccc(C)c2)CC1. The summed E-state index contributed by atoms with van der Waals surface area (Å²) in [6.07, 6.45) is 0. The van der Waals surface area contributed by atoms with E-state index in [4.69, 9.17) is 14.7 Å². The van der Waals surface area contributed by atoms with Crippen LogP contribution in [0.15, 0.2) is 42.5 Å². The lowest BCUT2D eigenvalue weighted by atomic mass is 10.2. The van der Waals surface area contributed by atoms with Gasteiger partial charge in [-0.25, -0.2) is 0 Å². The van der Waals surface area contributed by atoms with Crippen molar-refractivity contribution in [3.05, 3.63) is 53.6 Å². The number of benzene rings is 2. The Morgan fingerprint density at radius 1 is 1.10 bits per heavy atom. The molecule has 1 heterocycles. The van der Waals surface area contributed by atoms with Gasteiger partial charge in [-0.15, -0.1) is 0 Å². The third-order valence-corrected chi connectivity index (χ3v) is 5.22. The monoisotopic (exact) mass is 422 g/mol. The van der Waals surface area contributed by atoms with E-state index in [9.17, 15) is 4.79 Å². The maximum absolute atomic E-state index is 12.2. The Labute approximate surface area is 184 Å². The number of carbonyl (C=O) groups is 1. The van der Waals surface area contributed by atoms with Crippen LogP contribution in [0, 0.1) is 18.3 Å². The Balaban J connectivity index is 1.37. The van der Waals surface area contributed by atoms with Crippen LogP contribution < -0.4 is 19.7 Å². The summed E-state index contributed by atoms with van der Waals surface area (Å²) in [4.78, 5) is 16.9. The van der Waals surface area contributed by atoms with Crippen molar-refractivity contribution < 1.29 is 14.3 Å². The van der Waals surface area contributed by atoms with Crippen LogP contribution in [0.5, 0.6) is 11.5 Å². The molecule has 0 aliphatic carbocycles. The van der Waals surface area contributed by atoms with Crippen LogP contribution in [0.2, 0.25) is 0 Å². The topological polar surface area (TPSA) is 77.8 Å². The van der Waals surface area contributed by atoms with Crippen LogP contribution in [0.4, 0.5) is 5.69 Å². The van der Waals surface area contributed by atoms with Gasteiger partial charge >= 0.3 is 0 Å². The first-order chi connectivity index (χ1) is 15.1. The zero-order valence-corrected chi connectivity index (χ0v) is 18.3. The first kappa shape index (κ1) is 22.4. The molecule has 3 rings (SSSR count). The third-order valence-electron chi connectivity index (χ3n) is 5.22. The Bertz CT molecular complexity index is 917. The largest absolute Gasteiger partial charge is 0.490 e. The molecule has 0 saturated carbocycles. The second-order valence-corrected chi connectivity index (χ2v) is 7.51. The predicted molar refractivity (Wildman–Crippen MR) is 121 cm³/mol. The van der Waals surface area contributed by atoms with Gasteiger partial charge in [0, 0.05) is 51.0 Å². The summed E-state index contributed by atoms with van der Waals surface area (Å²) in [5.41, 5.74) is 3.04. The molecule has 0 bridgehead atoms. The van der Waals surface area contributed by atoms with Gasteiger partial charge in [-0.3, -0.25) is 9.69 Å². The van der Waals surface area contributed by atoms with Crippen molar-refractivity contribution in [1.82, 2.24) is 10.2 Å². The van der Waals surface area contributed by atoms with Gasteiger partial charge in [0.2, 0.25) is 0 Å². The zero-order chi connectivity index (χ0) is 22.1. The highest BCUT2D eigenvalue weighted by molar-refractivity contribution is 5.77. The summed E-state index contributed by atoms with van der Waals surface area (Å²) in [5.74, 6) is 0.759. The quantitative estimate of drug-likeness (QED) is 0.669. The lowest BCUT2D eigenvalue weighted by molar-refractivity contribution is -0.123. The molecule has 1 aliphatic heterocycles. The Hall–Kier alpha value is -3.24. The molecule has 0 atom stereocenters. The molecule has 1 N–H and O–H groups in total. The number of nitrogens with one attached hydrogen (secondary N) is 1. The molecular weight excluding hydrogens is 392 g/mol. The zero-order valence-electron chi connectivity index (χ0n) is 18.3. The first-order valence-corrected chi connectivity index (χ1v) is 10.7. The average molecular weight is 423 g/mol. The molecule has 7 nitrogen and oxygen atoms in total. The third kappa shape index (κ3) is 6.63.